The molecule has 9 heteroatoms. The van der Waals surface area contributed by atoms with Crippen molar-refractivity contribution in [3.8, 4) is 0 Å². The molecule has 6 N–H and O–H groups in total. The largest absolute Gasteiger partial charge is 0.325 e. The van der Waals surface area contributed by atoms with Crippen molar-refractivity contribution in [2.24, 2.45) is 5.73 Å². The van der Waals surface area contributed by atoms with Crippen LogP contribution in [0.25, 0.3) is 10.8 Å². The fourth-order valence-electron chi connectivity index (χ4n) is 4.24. The van der Waals surface area contributed by atoms with Crippen LogP contribution in [-0.4, -0.2) is 75.0 Å². The highest BCUT2D eigenvalue weighted by atomic mass is 16.2. The van der Waals surface area contributed by atoms with E-state index in [0.29, 0.717) is 35.2 Å². The van der Waals surface area contributed by atoms with Gasteiger partial charge in [0, 0.05) is 23.2 Å². The molecule has 0 radical (unpaired) electrons. The lowest BCUT2D eigenvalue weighted by atomic mass is 9.93. The van der Waals surface area contributed by atoms with Gasteiger partial charge in [0.05, 0.1) is 12.1 Å². The van der Waals surface area contributed by atoms with Crippen molar-refractivity contribution in [2.75, 3.05) is 57.7 Å². The van der Waals surface area contributed by atoms with E-state index in [-0.39, 0.29) is 24.3 Å². The molecule has 0 bridgehead atoms. The Balaban J connectivity index is 1.46. The first-order valence-electron chi connectivity index (χ1n) is 12.6. The van der Waals surface area contributed by atoms with E-state index in [2.05, 4.69) is 28.2 Å². The van der Waals surface area contributed by atoms with Crippen molar-refractivity contribution < 1.29 is 14.4 Å². The topological polar surface area (TPSA) is 129 Å². The minimum Gasteiger partial charge on any atom is -0.325 e. The number of carbonyl (C=O) groups excluding carboxylic acids is 3. The average molecular weight is 483 g/mol. The van der Waals surface area contributed by atoms with Crippen LogP contribution in [0.3, 0.4) is 0 Å². The summed E-state index contributed by atoms with van der Waals surface area (Å²) in [5.74, 6) is -0.946. The van der Waals surface area contributed by atoms with Crippen LogP contribution in [0.1, 0.15) is 53.3 Å². The van der Waals surface area contributed by atoms with Crippen LogP contribution in [0.5, 0.6) is 0 Å². The molecule has 0 saturated heterocycles. The van der Waals surface area contributed by atoms with Gasteiger partial charge in [-0.2, -0.15) is 0 Å². The van der Waals surface area contributed by atoms with Gasteiger partial charge in [0.25, 0.3) is 11.8 Å². The summed E-state index contributed by atoms with van der Waals surface area (Å²) in [7, 11) is 0. The van der Waals surface area contributed by atoms with Gasteiger partial charge in [0.15, 0.2) is 0 Å². The number of nitrogens with two attached hydrogens (primary N) is 1. The molecule has 0 aromatic heterocycles. The molecule has 190 valence electrons. The maximum atomic E-state index is 13.2. The molecule has 0 atom stereocenters. The highest BCUT2D eigenvalue weighted by Crippen LogP contribution is 2.32. The van der Waals surface area contributed by atoms with Gasteiger partial charge in [-0.05, 0) is 88.5 Å². The predicted octanol–water partition coefficient (Wildman–Crippen LogP) is 1.68. The van der Waals surface area contributed by atoms with Gasteiger partial charge < -0.3 is 27.0 Å². The predicted molar refractivity (Wildman–Crippen MR) is 140 cm³/mol. The van der Waals surface area contributed by atoms with Crippen LogP contribution in [-0.2, 0) is 4.79 Å². The van der Waals surface area contributed by atoms with Gasteiger partial charge in [-0.25, -0.2) is 0 Å². The third kappa shape index (κ3) is 7.32. The standard InChI is InChI=1S/C26H38N6O3/c1-2-9-28-10-4-11-29-12-5-13-30-14-6-15-32-25(34)21-8-3-7-19-16-20(31-23(33)18-27)17-22(24(19)21)26(32)35/h3,7-8,16-17,28-30H,2,4-6,9-15,18,27H2,1H3,(H,31,33). The summed E-state index contributed by atoms with van der Waals surface area (Å²) in [6.45, 7) is 8.08. The number of imide groups is 1. The zero-order chi connectivity index (χ0) is 25.0. The molecule has 3 rings (SSSR count). The normalized spacial score (nSPS) is 13.0. The molecule has 0 unspecified atom stereocenters. The monoisotopic (exact) mass is 482 g/mol. The quantitative estimate of drug-likeness (QED) is 0.182. The Labute approximate surface area is 207 Å². The number of hydrogen-bond acceptors (Lipinski definition) is 7. The lowest BCUT2D eigenvalue weighted by Crippen LogP contribution is -2.41. The molecule has 0 aliphatic carbocycles. The number of nitrogens with zero attached hydrogens (tertiary/aromatic N) is 1. The van der Waals surface area contributed by atoms with Crippen molar-refractivity contribution >= 4 is 34.2 Å². The number of amides is 3. The second-order valence-electron chi connectivity index (χ2n) is 8.75. The number of hydrogen-bond donors (Lipinski definition) is 5. The average Bonchev–Trinajstić information content (AvgIpc) is 2.86. The zero-order valence-electron chi connectivity index (χ0n) is 20.6. The Morgan fingerprint density at radius 3 is 2.14 bits per heavy atom. The highest BCUT2D eigenvalue weighted by Gasteiger charge is 2.32. The van der Waals surface area contributed by atoms with Crippen molar-refractivity contribution in [3.63, 3.8) is 0 Å². The second kappa shape index (κ2) is 13.9. The molecular weight excluding hydrogens is 444 g/mol. The van der Waals surface area contributed by atoms with E-state index in [9.17, 15) is 14.4 Å². The first kappa shape index (κ1) is 26.7. The fraction of sp³-hybridized carbons (Fsp3) is 0.500. The van der Waals surface area contributed by atoms with Crippen LogP contribution in [0.15, 0.2) is 30.3 Å². The summed E-state index contributed by atoms with van der Waals surface area (Å²) in [6, 6.07) is 8.76. The lowest BCUT2D eigenvalue weighted by molar-refractivity contribution is -0.114. The van der Waals surface area contributed by atoms with Crippen molar-refractivity contribution in [1.29, 1.82) is 0 Å². The molecule has 0 saturated carbocycles. The van der Waals surface area contributed by atoms with E-state index >= 15 is 0 Å². The SMILES string of the molecule is CCCNCCCNCCCNCCCN1C(=O)c2cccc3cc(NC(=O)CN)cc(c23)C1=O. The van der Waals surface area contributed by atoms with E-state index in [1.165, 1.54) is 11.3 Å². The summed E-state index contributed by atoms with van der Waals surface area (Å²) in [5, 5.41) is 14.3. The fourth-order valence-corrected chi connectivity index (χ4v) is 4.24. The first-order chi connectivity index (χ1) is 17.1. The maximum absolute atomic E-state index is 13.2. The summed E-state index contributed by atoms with van der Waals surface area (Å²) in [4.78, 5) is 39.3. The molecule has 1 heterocycles. The molecule has 2 aromatic carbocycles. The van der Waals surface area contributed by atoms with Crippen LogP contribution >= 0.6 is 0 Å². The third-order valence-electron chi connectivity index (χ3n) is 5.97. The minimum absolute atomic E-state index is 0.147. The molecule has 2 aromatic rings. The number of anilines is 1. The highest BCUT2D eigenvalue weighted by molar-refractivity contribution is 6.26. The molecule has 0 spiro atoms. The molecule has 1 aliphatic heterocycles. The smallest absolute Gasteiger partial charge is 0.261 e. The van der Waals surface area contributed by atoms with Crippen LogP contribution in [0.4, 0.5) is 5.69 Å². The lowest BCUT2D eigenvalue weighted by Gasteiger charge is -2.27. The third-order valence-corrected chi connectivity index (χ3v) is 5.97. The first-order valence-corrected chi connectivity index (χ1v) is 12.6. The number of carbonyl (C=O) groups is 3. The van der Waals surface area contributed by atoms with Gasteiger partial charge >= 0.3 is 0 Å². The Bertz CT molecular complexity index is 1030. The summed E-state index contributed by atoms with van der Waals surface area (Å²) in [6.07, 6.45) is 3.99. The van der Waals surface area contributed by atoms with Crippen LogP contribution in [0.2, 0.25) is 0 Å². The van der Waals surface area contributed by atoms with Crippen LogP contribution in [0, 0.1) is 0 Å². The van der Waals surface area contributed by atoms with E-state index in [1.807, 2.05) is 6.07 Å². The van der Waals surface area contributed by atoms with Crippen molar-refractivity contribution in [3.05, 3.63) is 41.5 Å². The Morgan fingerprint density at radius 1 is 0.857 bits per heavy atom. The van der Waals surface area contributed by atoms with E-state index in [4.69, 9.17) is 5.73 Å². The van der Waals surface area contributed by atoms with Crippen molar-refractivity contribution in [2.45, 2.75) is 32.6 Å². The Morgan fingerprint density at radius 2 is 1.49 bits per heavy atom. The number of benzene rings is 2. The van der Waals surface area contributed by atoms with Gasteiger partial charge in [-0.3, -0.25) is 19.3 Å². The second-order valence-corrected chi connectivity index (χ2v) is 8.75. The molecule has 0 fully saturated rings. The summed E-state index contributed by atoms with van der Waals surface area (Å²) >= 11 is 0. The maximum Gasteiger partial charge on any atom is 0.261 e. The summed E-state index contributed by atoms with van der Waals surface area (Å²) < 4.78 is 0. The number of rotatable bonds is 16. The Kier molecular flexibility index (Phi) is 10.6. The van der Waals surface area contributed by atoms with E-state index in [1.54, 1.807) is 24.3 Å². The van der Waals surface area contributed by atoms with E-state index in [0.717, 1.165) is 57.5 Å². The molecule has 9 nitrogen and oxygen atoms in total. The van der Waals surface area contributed by atoms with Gasteiger partial charge in [0.2, 0.25) is 5.91 Å². The van der Waals surface area contributed by atoms with Gasteiger partial charge in [0.1, 0.15) is 0 Å². The van der Waals surface area contributed by atoms with Gasteiger partial charge in [-0.1, -0.05) is 19.1 Å². The van der Waals surface area contributed by atoms with Gasteiger partial charge in [-0.15, -0.1) is 0 Å². The molecule has 3 amide bonds. The molecule has 1 aliphatic rings. The van der Waals surface area contributed by atoms with Crippen molar-refractivity contribution in [1.82, 2.24) is 20.9 Å². The zero-order valence-corrected chi connectivity index (χ0v) is 20.6. The molecular formula is C26H38N6O3. The molecule has 35 heavy (non-hydrogen) atoms. The number of nitrogens with one attached hydrogen (secondary N) is 4. The minimum atomic E-state index is -0.339. The van der Waals surface area contributed by atoms with E-state index < -0.39 is 0 Å². The Hall–Kier alpha value is -2.85. The summed E-state index contributed by atoms with van der Waals surface area (Å²) in [5.41, 5.74) is 6.83. The van der Waals surface area contributed by atoms with Crippen LogP contribution < -0.4 is 27.0 Å².